The molecule has 0 aliphatic carbocycles. The summed E-state index contributed by atoms with van der Waals surface area (Å²) in [5, 5.41) is 6.48. The summed E-state index contributed by atoms with van der Waals surface area (Å²) < 4.78 is 0. The molecule has 0 unspecified atom stereocenters. The predicted octanol–water partition coefficient (Wildman–Crippen LogP) is 0.123. The molecule has 0 bridgehead atoms. The molecule has 6 heteroatoms. The Labute approximate surface area is 98.0 Å². The molecule has 1 atom stereocenters. The van der Waals surface area contributed by atoms with E-state index in [1.165, 1.54) is 0 Å². The highest BCUT2D eigenvalue weighted by Crippen LogP contribution is 2.16. The molecule has 0 saturated heterocycles. The van der Waals surface area contributed by atoms with Gasteiger partial charge in [0.05, 0.1) is 6.04 Å². The Hall–Kier alpha value is -2.21. The Morgan fingerprint density at radius 1 is 1.35 bits per heavy atom. The van der Waals surface area contributed by atoms with E-state index in [4.69, 9.17) is 11.5 Å². The van der Waals surface area contributed by atoms with Crippen molar-refractivity contribution in [2.75, 3.05) is 5.73 Å². The third-order valence-electron chi connectivity index (χ3n) is 2.38. The molecule has 5 N–H and O–H groups in total. The van der Waals surface area contributed by atoms with E-state index in [2.05, 4.69) is 15.2 Å². The Morgan fingerprint density at radius 2 is 2.06 bits per heavy atom. The summed E-state index contributed by atoms with van der Waals surface area (Å²) in [7, 11) is 0. The van der Waals surface area contributed by atoms with E-state index in [1.54, 1.807) is 0 Å². The fourth-order valence-electron chi connectivity index (χ4n) is 1.52. The number of nitrogen functional groups attached to an aromatic ring is 1. The molecule has 0 spiro atoms. The lowest BCUT2D eigenvalue weighted by molar-refractivity contribution is -0.108. The third kappa shape index (κ3) is 2.67. The van der Waals surface area contributed by atoms with Gasteiger partial charge in [-0.15, -0.1) is 5.10 Å². The number of rotatable bonds is 4. The van der Waals surface area contributed by atoms with E-state index in [-0.39, 0.29) is 5.95 Å². The van der Waals surface area contributed by atoms with Crippen LogP contribution in [0.2, 0.25) is 0 Å². The van der Waals surface area contributed by atoms with Crippen LogP contribution < -0.4 is 11.5 Å². The van der Waals surface area contributed by atoms with E-state index in [1.807, 2.05) is 24.3 Å². The van der Waals surface area contributed by atoms with E-state index >= 15 is 0 Å². The van der Waals surface area contributed by atoms with Crippen molar-refractivity contribution in [1.29, 1.82) is 0 Å². The van der Waals surface area contributed by atoms with Crippen LogP contribution in [0.5, 0.6) is 0 Å². The van der Waals surface area contributed by atoms with Crippen LogP contribution in [0.4, 0.5) is 5.95 Å². The summed E-state index contributed by atoms with van der Waals surface area (Å²) in [6.07, 6.45) is 1.27. The molecule has 2 aromatic rings. The monoisotopic (exact) mass is 231 g/mol. The minimum Gasteiger partial charge on any atom is -0.366 e. The molecule has 0 amide bonds. The molecule has 0 radical (unpaired) electrons. The maximum atomic E-state index is 10.4. The largest absolute Gasteiger partial charge is 0.366 e. The van der Waals surface area contributed by atoms with Crippen LogP contribution in [-0.2, 0) is 11.2 Å². The molecule has 0 fully saturated rings. The SMILES string of the molecule is Nc1n[nH]c(-c2ccc(C[C@H](N)C=O)cc2)n1. The first kappa shape index (κ1) is 11.3. The van der Waals surface area contributed by atoms with Crippen LogP contribution in [0.25, 0.3) is 11.4 Å². The Balaban J connectivity index is 2.15. The second kappa shape index (κ2) is 4.75. The van der Waals surface area contributed by atoms with Crippen LogP contribution in [0, 0.1) is 0 Å². The first-order valence-electron chi connectivity index (χ1n) is 5.17. The van der Waals surface area contributed by atoms with Crippen molar-refractivity contribution < 1.29 is 4.79 Å². The van der Waals surface area contributed by atoms with Gasteiger partial charge in [-0.1, -0.05) is 24.3 Å². The van der Waals surface area contributed by atoms with Crippen molar-refractivity contribution in [3.05, 3.63) is 29.8 Å². The van der Waals surface area contributed by atoms with Gasteiger partial charge < -0.3 is 16.3 Å². The number of aldehydes is 1. The standard InChI is InChI=1S/C11H13N5O/c12-9(6-17)5-7-1-3-8(4-2-7)10-14-11(13)16-15-10/h1-4,6,9H,5,12H2,(H3,13,14,15,16)/t9-/m0/s1. The fourth-order valence-corrected chi connectivity index (χ4v) is 1.52. The second-order valence-electron chi connectivity index (χ2n) is 3.74. The van der Waals surface area contributed by atoms with E-state index < -0.39 is 6.04 Å². The van der Waals surface area contributed by atoms with Gasteiger partial charge in [0.2, 0.25) is 5.95 Å². The molecule has 1 aromatic carbocycles. The fraction of sp³-hybridized carbons (Fsp3) is 0.182. The molecule has 88 valence electrons. The number of hydrogen-bond acceptors (Lipinski definition) is 5. The van der Waals surface area contributed by atoms with Gasteiger partial charge in [0.25, 0.3) is 0 Å². The van der Waals surface area contributed by atoms with Crippen molar-refractivity contribution in [1.82, 2.24) is 15.2 Å². The van der Waals surface area contributed by atoms with Crippen LogP contribution >= 0.6 is 0 Å². The van der Waals surface area contributed by atoms with Gasteiger partial charge in [0, 0.05) is 5.56 Å². The lowest BCUT2D eigenvalue weighted by atomic mass is 10.1. The Kier molecular flexibility index (Phi) is 3.15. The highest BCUT2D eigenvalue weighted by atomic mass is 16.1. The quantitative estimate of drug-likeness (QED) is 0.647. The number of hydrogen-bond donors (Lipinski definition) is 3. The average Bonchev–Trinajstić information content (AvgIpc) is 2.77. The van der Waals surface area contributed by atoms with Crippen molar-refractivity contribution in [3.8, 4) is 11.4 Å². The number of anilines is 1. The van der Waals surface area contributed by atoms with E-state index in [0.29, 0.717) is 12.2 Å². The number of benzene rings is 1. The molecule has 1 aromatic heterocycles. The van der Waals surface area contributed by atoms with Crippen molar-refractivity contribution in [3.63, 3.8) is 0 Å². The number of nitrogens with zero attached hydrogens (tertiary/aromatic N) is 2. The highest BCUT2D eigenvalue weighted by Gasteiger charge is 2.05. The molecular formula is C11H13N5O. The summed E-state index contributed by atoms with van der Waals surface area (Å²) >= 11 is 0. The Morgan fingerprint density at radius 3 is 2.59 bits per heavy atom. The van der Waals surface area contributed by atoms with Gasteiger partial charge in [0.15, 0.2) is 5.82 Å². The van der Waals surface area contributed by atoms with Crippen molar-refractivity contribution in [2.45, 2.75) is 12.5 Å². The normalized spacial score (nSPS) is 12.3. The third-order valence-corrected chi connectivity index (χ3v) is 2.38. The molecule has 0 aliphatic rings. The maximum absolute atomic E-state index is 10.4. The summed E-state index contributed by atoms with van der Waals surface area (Å²) in [4.78, 5) is 14.5. The van der Waals surface area contributed by atoms with Crippen LogP contribution in [0.3, 0.4) is 0 Å². The van der Waals surface area contributed by atoms with Gasteiger partial charge in [-0.3, -0.25) is 5.10 Å². The van der Waals surface area contributed by atoms with Crippen LogP contribution in [-0.4, -0.2) is 27.5 Å². The molecule has 1 heterocycles. The number of H-pyrrole nitrogens is 1. The van der Waals surface area contributed by atoms with E-state index in [0.717, 1.165) is 17.4 Å². The van der Waals surface area contributed by atoms with Crippen molar-refractivity contribution >= 4 is 12.2 Å². The first-order chi connectivity index (χ1) is 8.19. The molecule has 0 aliphatic heterocycles. The van der Waals surface area contributed by atoms with Gasteiger partial charge in [-0.05, 0) is 12.0 Å². The zero-order valence-corrected chi connectivity index (χ0v) is 9.13. The molecule has 17 heavy (non-hydrogen) atoms. The zero-order valence-electron chi connectivity index (χ0n) is 9.13. The number of nitrogens with two attached hydrogens (primary N) is 2. The summed E-state index contributed by atoms with van der Waals surface area (Å²) in [6, 6.07) is 7.11. The lowest BCUT2D eigenvalue weighted by Crippen LogP contribution is -2.23. The molecule has 0 saturated carbocycles. The lowest BCUT2D eigenvalue weighted by Gasteiger charge is -2.04. The average molecular weight is 231 g/mol. The van der Waals surface area contributed by atoms with Gasteiger partial charge >= 0.3 is 0 Å². The summed E-state index contributed by atoms with van der Waals surface area (Å²) in [6.45, 7) is 0. The molecule has 6 nitrogen and oxygen atoms in total. The summed E-state index contributed by atoms with van der Waals surface area (Å²) in [5.41, 5.74) is 12.9. The number of carbonyl (C=O) groups excluding carboxylic acids is 1. The first-order valence-corrected chi connectivity index (χ1v) is 5.17. The number of aromatic nitrogens is 3. The molecular weight excluding hydrogens is 218 g/mol. The highest BCUT2D eigenvalue weighted by molar-refractivity contribution is 5.59. The smallest absolute Gasteiger partial charge is 0.239 e. The second-order valence-corrected chi connectivity index (χ2v) is 3.74. The van der Waals surface area contributed by atoms with Crippen LogP contribution in [0.15, 0.2) is 24.3 Å². The zero-order chi connectivity index (χ0) is 12.3. The maximum Gasteiger partial charge on any atom is 0.239 e. The Bertz CT molecular complexity index is 505. The van der Waals surface area contributed by atoms with E-state index in [9.17, 15) is 4.79 Å². The molecule has 2 rings (SSSR count). The van der Waals surface area contributed by atoms with Gasteiger partial charge in [-0.25, -0.2) is 0 Å². The summed E-state index contributed by atoms with van der Waals surface area (Å²) in [5.74, 6) is 0.834. The number of aromatic amines is 1. The number of carbonyl (C=O) groups is 1. The minimum absolute atomic E-state index is 0.215. The van der Waals surface area contributed by atoms with Gasteiger partial charge in [0.1, 0.15) is 6.29 Å². The minimum atomic E-state index is -0.457. The topological polar surface area (TPSA) is 111 Å². The van der Waals surface area contributed by atoms with Crippen LogP contribution in [0.1, 0.15) is 5.56 Å². The van der Waals surface area contributed by atoms with Crippen molar-refractivity contribution in [2.24, 2.45) is 5.73 Å². The number of nitrogens with one attached hydrogen (secondary N) is 1. The van der Waals surface area contributed by atoms with Gasteiger partial charge in [-0.2, -0.15) is 4.98 Å². The predicted molar refractivity (Wildman–Crippen MR) is 64.0 cm³/mol.